The largest absolute Gasteiger partial charge is 0.338 e. The molecule has 1 aromatic carbocycles. The maximum absolute atomic E-state index is 13.7. The maximum atomic E-state index is 13.7. The van der Waals surface area contributed by atoms with Gasteiger partial charge in [-0.3, -0.25) is 4.90 Å². The summed E-state index contributed by atoms with van der Waals surface area (Å²) < 4.78 is 18.7. The Bertz CT molecular complexity index is 608. The molecule has 2 aromatic rings. The summed E-state index contributed by atoms with van der Waals surface area (Å²) in [5.41, 5.74) is 6.29. The zero-order valence-corrected chi connectivity index (χ0v) is 12.5. The number of piperidine rings is 1. The van der Waals surface area contributed by atoms with Crippen LogP contribution >= 0.6 is 0 Å². The van der Waals surface area contributed by atoms with Gasteiger partial charge in [0.15, 0.2) is 5.82 Å². The van der Waals surface area contributed by atoms with E-state index in [1.54, 1.807) is 6.07 Å². The molecule has 1 fully saturated rings. The molecular formula is C16H21FN4O. The lowest BCUT2D eigenvalue weighted by Gasteiger charge is -2.31. The lowest BCUT2D eigenvalue weighted by atomic mass is 9.90. The molecular weight excluding hydrogens is 283 g/mol. The Morgan fingerprint density at radius 2 is 2.05 bits per heavy atom. The van der Waals surface area contributed by atoms with E-state index in [0.717, 1.165) is 37.9 Å². The van der Waals surface area contributed by atoms with Crippen molar-refractivity contribution in [2.45, 2.75) is 32.4 Å². The molecule has 0 bridgehead atoms. The summed E-state index contributed by atoms with van der Waals surface area (Å²) in [5, 5.41) is 3.92. The summed E-state index contributed by atoms with van der Waals surface area (Å²) in [7, 11) is 0. The summed E-state index contributed by atoms with van der Waals surface area (Å²) in [6.45, 7) is 2.92. The standard InChI is InChI=1S/C16H21FN4O/c17-14-4-2-1-3-13(14)9-12-5-7-21(8-6-12)11-15-19-16(10-18)22-20-15/h1-4,12H,5-11,18H2. The number of likely N-dealkylation sites (tertiary alicyclic amines) is 1. The van der Waals surface area contributed by atoms with Gasteiger partial charge in [0.1, 0.15) is 5.82 Å². The van der Waals surface area contributed by atoms with Gasteiger partial charge < -0.3 is 10.3 Å². The van der Waals surface area contributed by atoms with Crippen LogP contribution in [0.4, 0.5) is 4.39 Å². The van der Waals surface area contributed by atoms with E-state index in [0.29, 0.717) is 24.2 Å². The fourth-order valence-corrected chi connectivity index (χ4v) is 2.96. The second kappa shape index (κ2) is 6.98. The van der Waals surface area contributed by atoms with Crippen LogP contribution in [0.1, 0.15) is 30.1 Å². The van der Waals surface area contributed by atoms with Crippen LogP contribution in [0.5, 0.6) is 0 Å². The van der Waals surface area contributed by atoms with Gasteiger partial charge in [0, 0.05) is 0 Å². The highest BCUT2D eigenvalue weighted by molar-refractivity contribution is 5.17. The molecule has 1 aromatic heterocycles. The van der Waals surface area contributed by atoms with Crippen molar-refractivity contribution >= 4 is 0 Å². The third-order valence-electron chi connectivity index (χ3n) is 4.22. The van der Waals surface area contributed by atoms with Gasteiger partial charge in [-0.2, -0.15) is 4.98 Å². The maximum Gasteiger partial charge on any atom is 0.240 e. The molecule has 6 heteroatoms. The molecule has 2 heterocycles. The van der Waals surface area contributed by atoms with Crippen LogP contribution in [0.15, 0.2) is 28.8 Å². The fraction of sp³-hybridized carbons (Fsp3) is 0.500. The van der Waals surface area contributed by atoms with Crippen LogP contribution in [-0.2, 0) is 19.5 Å². The van der Waals surface area contributed by atoms with Crippen LogP contribution in [0.3, 0.4) is 0 Å². The van der Waals surface area contributed by atoms with Crippen molar-refractivity contribution in [1.29, 1.82) is 0 Å². The van der Waals surface area contributed by atoms with Crippen molar-refractivity contribution in [3.05, 3.63) is 47.4 Å². The minimum absolute atomic E-state index is 0.0916. The number of hydrogen-bond acceptors (Lipinski definition) is 5. The first kappa shape index (κ1) is 15.1. The van der Waals surface area contributed by atoms with E-state index < -0.39 is 0 Å². The molecule has 1 aliphatic rings. The number of nitrogens with two attached hydrogens (primary N) is 1. The Morgan fingerprint density at radius 3 is 2.73 bits per heavy atom. The van der Waals surface area contributed by atoms with Gasteiger partial charge >= 0.3 is 0 Å². The minimum atomic E-state index is -0.0916. The molecule has 5 nitrogen and oxygen atoms in total. The topological polar surface area (TPSA) is 68.2 Å². The lowest BCUT2D eigenvalue weighted by molar-refractivity contribution is 0.171. The van der Waals surface area contributed by atoms with Crippen molar-refractivity contribution < 1.29 is 8.91 Å². The smallest absolute Gasteiger partial charge is 0.240 e. The van der Waals surface area contributed by atoms with E-state index in [4.69, 9.17) is 10.3 Å². The molecule has 1 saturated heterocycles. The van der Waals surface area contributed by atoms with Gasteiger partial charge in [0.25, 0.3) is 0 Å². The van der Waals surface area contributed by atoms with Crippen LogP contribution in [0, 0.1) is 11.7 Å². The molecule has 0 aliphatic carbocycles. The average molecular weight is 304 g/mol. The number of hydrogen-bond donors (Lipinski definition) is 1. The second-order valence-corrected chi connectivity index (χ2v) is 5.82. The van der Waals surface area contributed by atoms with E-state index in [1.165, 1.54) is 6.07 Å². The van der Waals surface area contributed by atoms with Crippen molar-refractivity contribution in [2.24, 2.45) is 11.7 Å². The lowest BCUT2D eigenvalue weighted by Crippen LogP contribution is -2.34. The summed E-state index contributed by atoms with van der Waals surface area (Å²) in [6, 6.07) is 7.06. The van der Waals surface area contributed by atoms with Crippen molar-refractivity contribution in [1.82, 2.24) is 15.0 Å². The van der Waals surface area contributed by atoms with Crippen molar-refractivity contribution in [3.63, 3.8) is 0 Å². The van der Waals surface area contributed by atoms with E-state index in [1.807, 2.05) is 12.1 Å². The number of nitrogens with zero attached hydrogens (tertiary/aromatic N) is 3. The quantitative estimate of drug-likeness (QED) is 0.916. The van der Waals surface area contributed by atoms with Crippen LogP contribution in [0.2, 0.25) is 0 Å². The van der Waals surface area contributed by atoms with Gasteiger partial charge in [-0.1, -0.05) is 23.4 Å². The Hall–Kier alpha value is -1.79. The molecule has 2 N–H and O–H groups in total. The summed E-state index contributed by atoms with van der Waals surface area (Å²) in [5.74, 6) is 1.61. The van der Waals surface area contributed by atoms with Crippen LogP contribution in [0.25, 0.3) is 0 Å². The Balaban J connectivity index is 1.49. The van der Waals surface area contributed by atoms with Crippen molar-refractivity contribution in [2.75, 3.05) is 13.1 Å². The van der Waals surface area contributed by atoms with Gasteiger partial charge in [0.05, 0.1) is 13.1 Å². The second-order valence-electron chi connectivity index (χ2n) is 5.82. The van der Waals surface area contributed by atoms with Crippen molar-refractivity contribution in [3.8, 4) is 0 Å². The SMILES string of the molecule is NCc1nc(CN2CCC(Cc3ccccc3F)CC2)no1. The average Bonchev–Trinajstić information content (AvgIpc) is 2.99. The predicted octanol–water partition coefficient (Wildman–Crippen LogP) is 2.12. The van der Waals surface area contributed by atoms with Crippen LogP contribution in [-0.4, -0.2) is 28.1 Å². The van der Waals surface area contributed by atoms with E-state index in [2.05, 4.69) is 15.0 Å². The highest BCUT2D eigenvalue weighted by Gasteiger charge is 2.21. The Morgan fingerprint density at radius 1 is 1.27 bits per heavy atom. The first-order chi connectivity index (χ1) is 10.7. The summed E-state index contributed by atoms with van der Waals surface area (Å²) >= 11 is 0. The number of aromatic nitrogens is 2. The fourth-order valence-electron chi connectivity index (χ4n) is 2.96. The molecule has 118 valence electrons. The molecule has 1 aliphatic heterocycles. The molecule has 0 atom stereocenters. The Kier molecular flexibility index (Phi) is 4.80. The monoisotopic (exact) mass is 304 g/mol. The normalized spacial score (nSPS) is 17.0. The van der Waals surface area contributed by atoms with Gasteiger partial charge in [0.2, 0.25) is 5.89 Å². The van der Waals surface area contributed by atoms with Crippen LogP contribution < -0.4 is 5.73 Å². The van der Waals surface area contributed by atoms with Gasteiger partial charge in [-0.05, 0) is 49.9 Å². The predicted molar refractivity (Wildman–Crippen MR) is 80.3 cm³/mol. The molecule has 0 spiro atoms. The molecule has 22 heavy (non-hydrogen) atoms. The Labute approximate surface area is 129 Å². The summed E-state index contributed by atoms with van der Waals surface area (Å²) in [4.78, 5) is 6.54. The molecule has 0 amide bonds. The number of rotatable bonds is 5. The van der Waals surface area contributed by atoms with Gasteiger partial charge in [-0.25, -0.2) is 4.39 Å². The zero-order valence-electron chi connectivity index (χ0n) is 12.5. The van der Waals surface area contributed by atoms with E-state index in [9.17, 15) is 4.39 Å². The molecule has 3 rings (SSSR count). The van der Waals surface area contributed by atoms with Gasteiger partial charge in [-0.15, -0.1) is 0 Å². The van der Waals surface area contributed by atoms with E-state index in [-0.39, 0.29) is 12.4 Å². The number of halogens is 1. The molecule has 0 saturated carbocycles. The zero-order chi connectivity index (χ0) is 15.4. The third-order valence-corrected chi connectivity index (χ3v) is 4.22. The number of benzene rings is 1. The van der Waals surface area contributed by atoms with E-state index >= 15 is 0 Å². The molecule has 0 radical (unpaired) electrons. The highest BCUT2D eigenvalue weighted by atomic mass is 19.1. The molecule has 0 unspecified atom stereocenters. The third kappa shape index (κ3) is 3.69. The first-order valence-corrected chi connectivity index (χ1v) is 7.72. The minimum Gasteiger partial charge on any atom is -0.338 e. The first-order valence-electron chi connectivity index (χ1n) is 7.72. The highest BCUT2D eigenvalue weighted by Crippen LogP contribution is 2.23. The summed E-state index contributed by atoms with van der Waals surface area (Å²) in [6.07, 6.45) is 2.95.